The second-order valence-electron chi connectivity index (χ2n) is 7.36. The lowest BCUT2D eigenvalue weighted by Crippen LogP contribution is -2.38. The molecule has 0 unspecified atom stereocenters. The Morgan fingerprint density at radius 3 is 2.48 bits per heavy atom. The van der Waals surface area contributed by atoms with Crippen LogP contribution < -0.4 is 19.1 Å². The van der Waals surface area contributed by atoms with Crippen molar-refractivity contribution in [3.05, 3.63) is 46.4 Å². The molecule has 0 aliphatic carbocycles. The minimum Gasteiger partial charge on any atom is -0.495 e. The number of hydrogen-bond donors (Lipinski definition) is 0. The van der Waals surface area contributed by atoms with E-state index in [4.69, 9.17) is 37.4 Å². The van der Waals surface area contributed by atoms with E-state index in [2.05, 4.69) is 4.99 Å². The van der Waals surface area contributed by atoms with E-state index < -0.39 is 21.8 Å². The Labute approximate surface area is 205 Å². The van der Waals surface area contributed by atoms with Crippen LogP contribution >= 0.6 is 35.0 Å². The van der Waals surface area contributed by atoms with Crippen LogP contribution in [0.4, 0.5) is 5.69 Å². The Morgan fingerprint density at radius 1 is 1.12 bits per heavy atom. The zero-order chi connectivity index (χ0) is 23.8. The summed E-state index contributed by atoms with van der Waals surface area (Å²) in [6.07, 6.45) is 0. The molecular weight excluding hydrogens is 511 g/mol. The number of hydrogen-bond acceptors (Lipinski definition) is 7. The number of carbonyl (C=O) groups is 1. The van der Waals surface area contributed by atoms with Gasteiger partial charge in [-0.1, -0.05) is 35.0 Å². The van der Waals surface area contributed by atoms with Gasteiger partial charge >= 0.3 is 0 Å². The van der Waals surface area contributed by atoms with Crippen molar-refractivity contribution in [3.8, 4) is 17.2 Å². The molecule has 8 nitrogen and oxygen atoms in total. The van der Waals surface area contributed by atoms with Crippen molar-refractivity contribution in [2.45, 2.75) is 11.3 Å². The Hall–Kier alpha value is -2.14. The lowest BCUT2D eigenvalue weighted by molar-refractivity contribution is -0.119. The first-order chi connectivity index (χ1) is 15.7. The summed E-state index contributed by atoms with van der Waals surface area (Å²) in [4.78, 5) is 18.6. The van der Waals surface area contributed by atoms with Crippen molar-refractivity contribution < 1.29 is 27.4 Å². The first-order valence-electron chi connectivity index (χ1n) is 9.78. The zero-order valence-corrected chi connectivity index (χ0v) is 20.8. The van der Waals surface area contributed by atoms with E-state index in [9.17, 15) is 13.2 Å². The van der Waals surface area contributed by atoms with E-state index in [1.54, 1.807) is 41.3 Å². The number of anilines is 1. The average molecular weight is 531 g/mol. The summed E-state index contributed by atoms with van der Waals surface area (Å²) in [6.45, 7) is -0.284. The van der Waals surface area contributed by atoms with Gasteiger partial charge in [-0.25, -0.2) is 8.42 Å². The van der Waals surface area contributed by atoms with Crippen LogP contribution in [0.5, 0.6) is 17.2 Å². The number of rotatable bonds is 6. The van der Waals surface area contributed by atoms with Gasteiger partial charge in [-0.15, -0.1) is 0 Å². The van der Waals surface area contributed by atoms with Gasteiger partial charge in [0.2, 0.25) is 0 Å². The van der Waals surface area contributed by atoms with Crippen LogP contribution in [0.1, 0.15) is 0 Å². The van der Waals surface area contributed by atoms with E-state index >= 15 is 0 Å². The molecule has 2 saturated heterocycles. The number of amidine groups is 1. The molecule has 2 aromatic rings. The minimum absolute atomic E-state index is 0.000475. The van der Waals surface area contributed by atoms with Crippen molar-refractivity contribution in [1.82, 2.24) is 0 Å². The van der Waals surface area contributed by atoms with Crippen molar-refractivity contribution in [2.24, 2.45) is 4.99 Å². The zero-order valence-electron chi connectivity index (χ0n) is 17.7. The summed E-state index contributed by atoms with van der Waals surface area (Å²) < 4.78 is 40.9. The van der Waals surface area contributed by atoms with Gasteiger partial charge in [0.15, 0.2) is 21.6 Å². The van der Waals surface area contributed by atoms with Gasteiger partial charge in [-0.3, -0.25) is 4.79 Å². The predicted molar refractivity (Wildman–Crippen MR) is 130 cm³/mol. The van der Waals surface area contributed by atoms with Crippen LogP contribution in [-0.4, -0.2) is 63.1 Å². The number of amides is 1. The molecule has 0 N–H and O–H groups in total. The van der Waals surface area contributed by atoms with Gasteiger partial charge in [0.1, 0.15) is 17.2 Å². The van der Waals surface area contributed by atoms with E-state index in [-0.39, 0.29) is 23.4 Å². The minimum atomic E-state index is -3.23. The first-order valence-corrected chi connectivity index (χ1v) is 13.2. The topological polar surface area (TPSA) is 94.5 Å². The van der Waals surface area contributed by atoms with Crippen molar-refractivity contribution in [3.63, 3.8) is 0 Å². The van der Waals surface area contributed by atoms with Gasteiger partial charge < -0.3 is 19.1 Å². The molecule has 2 aromatic carbocycles. The Kier molecular flexibility index (Phi) is 6.99. The van der Waals surface area contributed by atoms with Gasteiger partial charge in [-0.2, -0.15) is 4.99 Å². The van der Waals surface area contributed by atoms with E-state index in [0.29, 0.717) is 38.1 Å². The number of fused-ring (bicyclic) bond motifs is 1. The molecular formula is C21H20Cl2N2O6S2. The molecule has 0 bridgehead atoms. The maximum absolute atomic E-state index is 12.6. The molecule has 176 valence electrons. The van der Waals surface area contributed by atoms with Crippen LogP contribution in [0.3, 0.4) is 0 Å². The molecule has 12 heteroatoms. The van der Waals surface area contributed by atoms with E-state index in [0.717, 1.165) is 0 Å². The standard InChI is InChI=1S/C21H20Cl2N2O6S2/c1-29-17-8-18(30-2)15(7-14(17)23)25-16-10-33(27,28)11-19(16)32-21(25)24-20(26)9-31-13-5-3-12(22)4-6-13/h3-8,16,19H,9-11H2,1-2H3/t16-,19+/m0/s1. The highest BCUT2D eigenvalue weighted by molar-refractivity contribution is 8.16. The van der Waals surface area contributed by atoms with Crippen LogP contribution in [-0.2, 0) is 14.6 Å². The summed E-state index contributed by atoms with van der Waals surface area (Å²) in [6, 6.07) is 9.44. The fourth-order valence-corrected chi connectivity index (χ4v) is 7.98. The molecule has 0 aromatic heterocycles. The fourth-order valence-electron chi connectivity index (χ4n) is 3.69. The van der Waals surface area contributed by atoms with Crippen molar-refractivity contribution in [1.29, 1.82) is 0 Å². The number of ether oxygens (including phenoxy) is 3. The quantitative estimate of drug-likeness (QED) is 0.557. The molecule has 0 saturated carbocycles. The molecule has 2 aliphatic rings. The molecule has 2 fully saturated rings. The summed E-state index contributed by atoms with van der Waals surface area (Å²) in [5.41, 5.74) is 0.505. The van der Waals surface area contributed by atoms with Crippen LogP contribution in [0.15, 0.2) is 41.4 Å². The van der Waals surface area contributed by atoms with Gasteiger partial charge in [0.25, 0.3) is 5.91 Å². The third kappa shape index (κ3) is 5.18. The summed E-state index contributed by atoms with van der Waals surface area (Å²) >= 11 is 13.5. The maximum Gasteiger partial charge on any atom is 0.285 e. The number of sulfone groups is 1. The molecule has 0 radical (unpaired) electrons. The van der Waals surface area contributed by atoms with E-state index in [1.165, 1.54) is 26.0 Å². The summed E-state index contributed by atoms with van der Waals surface area (Å²) in [7, 11) is -0.257. The average Bonchev–Trinajstić information content (AvgIpc) is 3.23. The Bertz CT molecular complexity index is 1200. The highest BCUT2D eigenvalue weighted by atomic mass is 35.5. The second kappa shape index (κ2) is 9.61. The number of nitrogens with zero attached hydrogens (tertiary/aromatic N) is 2. The summed E-state index contributed by atoms with van der Waals surface area (Å²) in [5.74, 6) is 0.727. The highest BCUT2D eigenvalue weighted by Gasteiger charge is 2.50. The molecule has 4 rings (SSSR count). The van der Waals surface area contributed by atoms with Crippen LogP contribution in [0.2, 0.25) is 10.0 Å². The second-order valence-corrected chi connectivity index (χ2v) is 11.6. The highest BCUT2D eigenvalue weighted by Crippen LogP contribution is 2.46. The van der Waals surface area contributed by atoms with Gasteiger partial charge in [0.05, 0.1) is 42.5 Å². The largest absolute Gasteiger partial charge is 0.495 e. The molecule has 0 spiro atoms. The smallest absolute Gasteiger partial charge is 0.285 e. The van der Waals surface area contributed by atoms with Gasteiger partial charge in [0, 0.05) is 16.3 Å². The van der Waals surface area contributed by atoms with Crippen LogP contribution in [0.25, 0.3) is 0 Å². The summed E-state index contributed by atoms with van der Waals surface area (Å²) in [5, 5.41) is 0.966. The SMILES string of the molecule is COc1cc(OC)c(N2C(=NC(=O)COc3ccc(Cl)cc3)S[C@@H]3CS(=O)(=O)C[C@@H]32)cc1Cl. The van der Waals surface area contributed by atoms with E-state index in [1.807, 2.05) is 0 Å². The monoisotopic (exact) mass is 530 g/mol. The number of carbonyl (C=O) groups excluding carboxylic acids is 1. The Morgan fingerprint density at radius 2 is 1.82 bits per heavy atom. The lowest BCUT2D eigenvalue weighted by atomic mass is 10.2. The Balaban J connectivity index is 1.65. The fraction of sp³-hybridized carbons (Fsp3) is 0.333. The third-order valence-electron chi connectivity index (χ3n) is 5.18. The lowest BCUT2D eigenvalue weighted by Gasteiger charge is -2.26. The normalized spacial score (nSPS) is 22.3. The molecule has 2 atom stereocenters. The molecule has 2 aliphatic heterocycles. The molecule has 33 heavy (non-hydrogen) atoms. The third-order valence-corrected chi connectivity index (χ3v) is 8.93. The number of aliphatic imine (C=N–C) groups is 1. The number of thioether (sulfide) groups is 1. The molecule has 2 heterocycles. The number of benzene rings is 2. The van der Waals surface area contributed by atoms with Crippen molar-refractivity contribution >= 4 is 61.6 Å². The van der Waals surface area contributed by atoms with Crippen LogP contribution in [0, 0.1) is 0 Å². The van der Waals surface area contributed by atoms with Gasteiger partial charge in [-0.05, 0) is 30.3 Å². The number of methoxy groups -OCH3 is 2. The number of halogens is 2. The maximum atomic E-state index is 12.6. The first kappa shape index (κ1) is 24.0. The van der Waals surface area contributed by atoms with Crippen molar-refractivity contribution in [2.75, 3.05) is 37.2 Å². The predicted octanol–water partition coefficient (Wildman–Crippen LogP) is 3.69. The molecule has 1 amide bonds.